The van der Waals surface area contributed by atoms with E-state index in [1.165, 1.54) is 4.68 Å². The highest BCUT2D eigenvalue weighted by Gasteiger charge is 2.31. The van der Waals surface area contributed by atoms with Gasteiger partial charge in [-0.1, -0.05) is 24.3 Å². The van der Waals surface area contributed by atoms with E-state index in [1.807, 2.05) is 48.5 Å². The van der Waals surface area contributed by atoms with E-state index in [0.29, 0.717) is 12.5 Å². The lowest BCUT2D eigenvalue weighted by molar-refractivity contribution is 0.636. The molecule has 0 atom stereocenters. The number of pyridine rings is 1. The second kappa shape index (κ2) is 5.26. The van der Waals surface area contributed by atoms with Gasteiger partial charge in [0.05, 0.1) is 17.9 Å². The first-order valence-corrected chi connectivity index (χ1v) is 7.48. The van der Waals surface area contributed by atoms with Crippen LogP contribution in [0.25, 0.3) is 5.69 Å². The Balaban J connectivity index is 1.80. The predicted molar refractivity (Wildman–Crippen MR) is 83.1 cm³/mol. The van der Waals surface area contributed by atoms with Gasteiger partial charge >= 0.3 is 5.69 Å². The van der Waals surface area contributed by atoms with Crippen molar-refractivity contribution in [1.82, 2.24) is 19.3 Å². The molecule has 1 fully saturated rings. The van der Waals surface area contributed by atoms with Crippen LogP contribution in [0.1, 0.15) is 30.3 Å². The maximum Gasteiger partial charge on any atom is 0.350 e. The molecule has 0 spiro atoms. The fourth-order valence-electron chi connectivity index (χ4n) is 2.60. The van der Waals surface area contributed by atoms with Crippen LogP contribution < -0.4 is 5.69 Å². The molecule has 110 valence electrons. The summed E-state index contributed by atoms with van der Waals surface area (Å²) in [4.78, 5) is 17.0. The normalized spacial score (nSPS) is 14.2. The summed E-state index contributed by atoms with van der Waals surface area (Å²) < 4.78 is 3.25. The zero-order valence-electron chi connectivity index (χ0n) is 12.1. The van der Waals surface area contributed by atoms with Gasteiger partial charge in [-0.2, -0.15) is 5.10 Å². The second-order valence-corrected chi connectivity index (χ2v) is 5.56. The van der Waals surface area contributed by atoms with Crippen molar-refractivity contribution in [1.29, 1.82) is 0 Å². The summed E-state index contributed by atoms with van der Waals surface area (Å²) in [6, 6.07) is 15.4. The number of nitrogens with zero attached hydrogens (tertiary/aromatic N) is 4. The summed E-state index contributed by atoms with van der Waals surface area (Å²) >= 11 is 0. The lowest BCUT2D eigenvalue weighted by atomic mass is 10.3. The zero-order chi connectivity index (χ0) is 14.9. The Morgan fingerprint density at radius 3 is 2.50 bits per heavy atom. The van der Waals surface area contributed by atoms with E-state index in [1.54, 1.807) is 10.8 Å². The van der Waals surface area contributed by atoms with Crippen LogP contribution in [0.2, 0.25) is 0 Å². The van der Waals surface area contributed by atoms with Crippen LogP contribution in [0.4, 0.5) is 0 Å². The number of rotatable bonds is 4. The first kappa shape index (κ1) is 13.0. The number of hydrogen-bond acceptors (Lipinski definition) is 3. The van der Waals surface area contributed by atoms with Crippen LogP contribution in [-0.2, 0) is 6.54 Å². The highest BCUT2D eigenvalue weighted by Crippen LogP contribution is 2.39. The number of hydrogen-bond donors (Lipinski definition) is 0. The standard InChI is InChI=1S/C17H16N4O/c22-17-20(12-14-6-4-5-11-18-14)19-16(13-9-10-13)21(17)15-7-2-1-3-8-15/h1-8,11,13H,9-10,12H2. The van der Waals surface area contributed by atoms with Gasteiger partial charge in [-0.05, 0) is 37.1 Å². The molecule has 0 N–H and O–H groups in total. The molecule has 0 radical (unpaired) electrons. The lowest BCUT2D eigenvalue weighted by Gasteiger charge is -2.03. The molecular weight excluding hydrogens is 276 g/mol. The number of para-hydroxylation sites is 1. The Hall–Kier alpha value is -2.69. The van der Waals surface area contributed by atoms with Crippen LogP contribution in [0.3, 0.4) is 0 Å². The topological polar surface area (TPSA) is 52.7 Å². The van der Waals surface area contributed by atoms with Crippen LogP contribution in [-0.4, -0.2) is 19.3 Å². The van der Waals surface area contributed by atoms with Crippen LogP contribution in [0.5, 0.6) is 0 Å². The van der Waals surface area contributed by atoms with E-state index >= 15 is 0 Å². The predicted octanol–water partition coefficient (Wildman–Crippen LogP) is 2.35. The van der Waals surface area contributed by atoms with Crippen LogP contribution in [0.15, 0.2) is 59.5 Å². The highest BCUT2D eigenvalue weighted by atomic mass is 16.2. The molecule has 0 unspecified atom stereocenters. The molecule has 5 nitrogen and oxygen atoms in total. The Labute approximate surface area is 127 Å². The molecule has 3 aromatic rings. The van der Waals surface area contributed by atoms with Gasteiger partial charge in [0.2, 0.25) is 0 Å². The molecule has 0 amide bonds. The minimum atomic E-state index is -0.0984. The van der Waals surface area contributed by atoms with Crippen LogP contribution in [0, 0.1) is 0 Å². The number of benzene rings is 1. The average Bonchev–Trinajstić information content (AvgIpc) is 3.35. The van der Waals surface area contributed by atoms with E-state index in [2.05, 4.69) is 10.1 Å². The highest BCUT2D eigenvalue weighted by molar-refractivity contribution is 5.33. The van der Waals surface area contributed by atoms with Gasteiger partial charge in [-0.15, -0.1) is 0 Å². The molecule has 2 aromatic heterocycles. The van der Waals surface area contributed by atoms with E-state index in [9.17, 15) is 4.79 Å². The maximum atomic E-state index is 12.8. The molecule has 4 rings (SSSR count). The van der Waals surface area contributed by atoms with Gasteiger partial charge in [0.15, 0.2) is 0 Å². The van der Waals surface area contributed by atoms with Crippen molar-refractivity contribution in [2.24, 2.45) is 0 Å². The first-order chi connectivity index (χ1) is 10.8. The lowest BCUT2D eigenvalue weighted by Crippen LogP contribution is -2.25. The van der Waals surface area contributed by atoms with Crippen molar-refractivity contribution in [3.8, 4) is 5.69 Å². The van der Waals surface area contributed by atoms with Crippen molar-refractivity contribution >= 4 is 0 Å². The Kier molecular flexibility index (Phi) is 3.11. The van der Waals surface area contributed by atoms with Gasteiger partial charge in [-0.3, -0.25) is 4.98 Å². The minimum Gasteiger partial charge on any atom is -0.259 e. The summed E-state index contributed by atoms with van der Waals surface area (Å²) in [5, 5.41) is 4.57. The molecule has 0 bridgehead atoms. The summed E-state index contributed by atoms with van der Waals surface area (Å²) in [6.45, 7) is 0.402. The van der Waals surface area contributed by atoms with Gasteiger partial charge in [-0.25, -0.2) is 14.0 Å². The monoisotopic (exact) mass is 292 g/mol. The average molecular weight is 292 g/mol. The molecule has 1 saturated carbocycles. The Bertz CT molecular complexity index is 832. The SMILES string of the molecule is O=c1n(Cc2ccccn2)nc(C2CC2)n1-c1ccccc1. The van der Waals surface area contributed by atoms with Gasteiger partial charge < -0.3 is 0 Å². The third kappa shape index (κ3) is 2.35. The molecule has 1 aromatic carbocycles. The van der Waals surface area contributed by atoms with Crippen molar-refractivity contribution in [2.75, 3.05) is 0 Å². The van der Waals surface area contributed by atoms with Crippen molar-refractivity contribution in [3.63, 3.8) is 0 Å². The first-order valence-electron chi connectivity index (χ1n) is 7.48. The van der Waals surface area contributed by atoms with Crippen LogP contribution >= 0.6 is 0 Å². The van der Waals surface area contributed by atoms with E-state index in [0.717, 1.165) is 30.0 Å². The molecule has 0 saturated heterocycles. The summed E-state index contributed by atoms with van der Waals surface area (Å²) in [5.41, 5.74) is 1.62. The summed E-state index contributed by atoms with van der Waals surface area (Å²) in [5.74, 6) is 1.27. The Morgan fingerprint density at radius 1 is 1.05 bits per heavy atom. The van der Waals surface area contributed by atoms with Gasteiger partial charge in [0.1, 0.15) is 5.82 Å². The van der Waals surface area contributed by atoms with Crippen molar-refractivity contribution in [3.05, 3.63) is 76.7 Å². The summed E-state index contributed by atoms with van der Waals surface area (Å²) in [6.07, 6.45) is 3.94. The smallest absolute Gasteiger partial charge is 0.259 e. The maximum absolute atomic E-state index is 12.8. The zero-order valence-corrected chi connectivity index (χ0v) is 12.1. The van der Waals surface area contributed by atoms with E-state index in [4.69, 9.17) is 0 Å². The van der Waals surface area contributed by atoms with Crippen molar-refractivity contribution in [2.45, 2.75) is 25.3 Å². The quantitative estimate of drug-likeness (QED) is 0.741. The molecule has 1 aliphatic carbocycles. The third-order valence-corrected chi connectivity index (χ3v) is 3.86. The molecular formula is C17H16N4O. The van der Waals surface area contributed by atoms with Gasteiger partial charge in [0.25, 0.3) is 0 Å². The molecule has 22 heavy (non-hydrogen) atoms. The molecule has 5 heteroatoms. The molecule has 1 aliphatic rings. The van der Waals surface area contributed by atoms with Crippen molar-refractivity contribution < 1.29 is 0 Å². The Morgan fingerprint density at radius 2 is 1.82 bits per heavy atom. The fourth-order valence-corrected chi connectivity index (χ4v) is 2.60. The minimum absolute atomic E-state index is 0.0984. The van der Waals surface area contributed by atoms with Gasteiger partial charge in [0, 0.05) is 12.1 Å². The number of aromatic nitrogens is 4. The second-order valence-electron chi connectivity index (χ2n) is 5.56. The fraction of sp³-hybridized carbons (Fsp3) is 0.235. The largest absolute Gasteiger partial charge is 0.350 e. The molecule has 0 aliphatic heterocycles. The molecule has 2 heterocycles. The van der Waals surface area contributed by atoms with E-state index in [-0.39, 0.29) is 5.69 Å². The third-order valence-electron chi connectivity index (χ3n) is 3.86. The summed E-state index contributed by atoms with van der Waals surface area (Å²) in [7, 11) is 0. The van der Waals surface area contributed by atoms with E-state index < -0.39 is 0 Å².